The van der Waals surface area contributed by atoms with Gasteiger partial charge in [0.05, 0.1) is 0 Å². The molecule has 0 amide bonds. The maximum absolute atomic E-state index is 5.82. The SMILES string of the molecule is C=CCc1cc(CC=C)c(N)cc1N.C=Cc1cc(C=C)c(N)cc1N. The lowest BCUT2D eigenvalue weighted by atomic mass is 10.0. The van der Waals surface area contributed by atoms with E-state index < -0.39 is 0 Å². The molecule has 0 bridgehead atoms. The van der Waals surface area contributed by atoms with Gasteiger partial charge in [0.2, 0.25) is 0 Å². The Kier molecular flexibility index (Phi) is 7.77. The summed E-state index contributed by atoms with van der Waals surface area (Å²) in [6.45, 7) is 14.7. The summed E-state index contributed by atoms with van der Waals surface area (Å²) in [4.78, 5) is 0. The Morgan fingerprint density at radius 1 is 0.577 bits per heavy atom. The molecule has 0 aliphatic carbocycles. The van der Waals surface area contributed by atoms with Crippen LogP contribution in [0.4, 0.5) is 22.7 Å². The van der Waals surface area contributed by atoms with Crippen molar-refractivity contribution in [3.63, 3.8) is 0 Å². The zero-order valence-corrected chi connectivity index (χ0v) is 15.2. The normalized spacial score (nSPS) is 9.54. The zero-order valence-electron chi connectivity index (χ0n) is 15.2. The van der Waals surface area contributed by atoms with Crippen molar-refractivity contribution in [3.05, 3.63) is 85.0 Å². The molecule has 0 unspecified atom stereocenters. The summed E-state index contributed by atoms with van der Waals surface area (Å²) < 4.78 is 0. The summed E-state index contributed by atoms with van der Waals surface area (Å²) in [6.07, 6.45) is 8.61. The summed E-state index contributed by atoms with van der Waals surface area (Å²) in [7, 11) is 0. The Labute approximate surface area is 156 Å². The molecule has 4 heteroatoms. The van der Waals surface area contributed by atoms with Gasteiger partial charge in [0, 0.05) is 22.7 Å². The number of nitrogens with two attached hydrogens (primary N) is 4. The summed E-state index contributed by atoms with van der Waals surface area (Å²) in [5.74, 6) is 0. The second kappa shape index (κ2) is 9.79. The van der Waals surface area contributed by atoms with Crippen molar-refractivity contribution < 1.29 is 0 Å². The fraction of sp³-hybridized carbons (Fsp3) is 0.0909. The molecule has 0 radical (unpaired) electrons. The number of benzene rings is 2. The highest BCUT2D eigenvalue weighted by atomic mass is 14.6. The number of hydrogen-bond acceptors (Lipinski definition) is 4. The highest BCUT2D eigenvalue weighted by molar-refractivity contribution is 5.75. The van der Waals surface area contributed by atoms with Crippen LogP contribution in [0.3, 0.4) is 0 Å². The average molecular weight is 348 g/mol. The lowest BCUT2D eigenvalue weighted by molar-refractivity contribution is 1.21. The molecule has 4 nitrogen and oxygen atoms in total. The third kappa shape index (κ3) is 5.31. The van der Waals surface area contributed by atoms with E-state index in [4.69, 9.17) is 22.9 Å². The fourth-order valence-corrected chi connectivity index (χ4v) is 2.42. The molecular formula is C22H28N4. The first-order valence-corrected chi connectivity index (χ1v) is 8.20. The van der Waals surface area contributed by atoms with Crippen LogP contribution < -0.4 is 22.9 Å². The molecular weight excluding hydrogens is 320 g/mol. The minimum Gasteiger partial charge on any atom is -0.398 e. The van der Waals surface area contributed by atoms with Crippen molar-refractivity contribution in [3.8, 4) is 0 Å². The first kappa shape index (κ1) is 20.6. The molecule has 0 heterocycles. The van der Waals surface area contributed by atoms with Gasteiger partial charge in [-0.15, -0.1) is 13.2 Å². The molecule has 0 atom stereocenters. The number of allylic oxidation sites excluding steroid dienone is 2. The predicted molar refractivity (Wildman–Crippen MR) is 119 cm³/mol. The van der Waals surface area contributed by atoms with E-state index >= 15 is 0 Å². The van der Waals surface area contributed by atoms with Crippen LogP contribution in [0.5, 0.6) is 0 Å². The Hall–Kier alpha value is -3.40. The first-order valence-electron chi connectivity index (χ1n) is 8.20. The highest BCUT2D eigenvalue weighted by Gasteiger charge is 2.03. The van der Waals surface area contributed by atoms with Crippen LogP contribution in [-0.2, 0) is 12.8 Å². The smallest absolute Gasteiger partial charge is 0.0408 e. The van der Waals surface area contributed by atoms with Gasteiger partial charge in [0.25, 0.3) is 0 Å². The molecule has 0 aliphatic heterocycles. The van der Waals surface area contributed by atoms with Crippen LogP contribution in [0.2, 0.25) is 0 Å². The number of anilines is 4. The van der Waals surface area contributed by atoms with E-state index in [2.05, 4.69) is 26.3 Å². The minimum absolute atomic E-state index is 0.646. The van der Waals surface area contributed by atoms with Gasteiger partial charge in [0.1, 0.15) is 0 Å². The summed E-state index contributed by atoms with van der Waals surface area (Å²) >= 11 is 0. The number of rotatable bonds is 6. The van der Waals surface area contributed by atoms with Crippen LogP contribution in [-0.4, -0.2) is 0 Å². The Morgan fingerprint density at radius 2 is 0.962 bits per heavy atom. The van der Waals surface area contributed by atoms with Gasteiger partial charge in [-0.1, -0.05) is 43.5 Å². The summed E-state index contributed by atoms with van der Waals surface area (Å²) in [5, 5.41) is 0. The summed E-state index contributed by atoms with van der Waals surface area (Å²) in [5.41, 5.74) is 29.7. The van der Waals surface area contributed by atoms with E-state index in [9.17, 15) is 0 Å². The maximum Gasteiger partial charge on any atom is 0.0408 e. The largest absolute Gasteiger partial charge is 0.398 e. The number of nitrogen functional groups attached to an aromatic ring is 4. The standard InChI is InChI=1S/C12H16N2.C10H12N2/c1-3-5-9-7-10(6-4-2)12(14)8-11(9)13;1-3-7-5-8(4-2)10(12)6-9(7)11/h3-4,7-8H,1-2,5-6,13-14H2;3-6H,1-2,11-12H2. The van der Waals surface area contributed by atoms with E-state index in [1.165, 1.54) is 0 Å². The molecule has 8 N–H and O–H groups in total. The maximum atomic E-state index is 5.82. The number of hydrogen-bond donors (Lipinski definition) is 4. The van der Waals surface area contributed by atoms with Gasteiger partial charge in [-0.2, -0.15) is 0 Å². The molecule has 0 saturated heterocycles. The van der Waals surface area contributed by atoms with Crippen LogP contribution in [0.15, 0.2) is 62.7 Å². The molecule has 2 rings (SSSR count). The van der Waals surface area contributed by atoms with Crippen LogP contribution >= 0.6 is 0 Å². The van der Waals surface area contributed by atoms with Crippen molar-refractivity contribution in [2.24, 2.45) is 0 Å². The van der Waals surface area contributed by atoms with Crippen LogP contribution in [0.25, 0.3) is 12.2 Å². The van der Waals surface area contributed by atoms with E-state index in [1.54, 1.807) is 24.3 Å². The molecule has 0 aromatic heterocycles. The third-order valence-corrected chi connectivity index (χ3v) is 3.86. The van der Waals surface area contributed by atoms with E-state index in [1.807, 2.05) is 24.3 Å². The molecule has 0 fully saturated rings. The van der Waals surface area contributed by atoms with Crippen LogP contribution in [0, 0.1) is 0 Å². The van der Waals surface area contributed by atoms with Crippen LogP contribution in [0.1, 0.15) is 22.3 Å². The lowest BCUT2D eigenvalue weighted by Gasteiger charge is -2.09. The van der Waals surface area contributed by atoms with E-state index in [0.29, 0.717) is 11.4 Å². The average Bonchev–Trinajstić information content (AvgIpc) is 2.60. The van der Waals surface area contributed by atoms with Gasteiger partial charge in [-0.3, -0.25) is 0 Å². The Morgan fingerprint density at radius 3 is 1.31 bits per heavy atom. The lowest BCUT2D eigenvalue weighted by Crippen LogP contribution is -2.00. The van der Waals surface area contributed by atoms with Crippen molar-refractivity contribution >= 4 is 34.9 Å². The molecule has 0 saturated carbocycles. The van der Waals surface area contributed by atoms with Gasteiger partial charge >= 0.3 is 0 Å². The van der Waals surface area contributed by atoms with Gasteiger partial charge in [0.15, 0.2) is 0 Å². The quantitative estimate of drug-likeness (QED) is 0.457. The fourth-order valence-electron chi connectivity index (χ4n) is 2.42. The second-order valence-electron chi connectivity index (χ2n) is 5.75. The second-order valence-corrected chi connectivity index (χ2v) is 5.75. The minimum atomic E-state index is 0.646. The monoisotopic (exact) mass is 348 g/mol. The third-order valence-electron chi connectivity index (χ3n) is 3.86. The van der Waals surface area contributed by atoms with E-state index in [-0.39, 0.29) is 0 Å². The molecule has 26 heavy (non-hydrogen) atoms. The van der Waals surface area contributed by atoms with Crippen molar-refractivity contribution in [2.45, 2.75) is 12.8 Å². The highest BCUT2D eigenvalue weighted by Crippen LogP contribution is 2.23. The summed E-state index contributed by atoms with van der Waals surface area (Å²) in [6, 6.07) is 7.41. The molecule has 0 spiro atoms. The van der Waals surface area contributed by atoms with Gasteiger partial charge < -0.3 is 22.9 Å². The Bertz CT molecular complexity index is 759. The topological polar surface area (TPSA) is 104 Å². The van der Waals surface area contributed by atoms with Gasteiger partial charge in [-0.05, 0) is 53.3 Å². The Balaban J connectivity index is 0.000000263. The zero-order chi connectivity index (χ0) is 19.7. The molecule has 2 aromatic carbocycles. The van der Waals surface area contributed by atoms with Gasteiger partial charge in [-0.25, -0.2) is 0 Å². The van der Waals surface area contributed by atoms with Crippen molar-refractivity contribution in [1.82, 2.24) is 0 Å². The first-order chi connectivity index (χ1) is 12.4. The predicted octanol–water partition coefficient (Wildman–Crippen LogP) is 4.45. The molecule has 2 aromatic rings. The van der Waals surface area contributed by atoms with Crippen molar-refractivity contribution in [1.29, 1.82) is 0 Å². The van der Waals surface area contributed by atoms with Crippen molar-refractivity contribution in [2.75, 3.05) is 22.9 Å². The van der Waals surface area contributed by atoms with E-state index in [0.717, 1.165) is 46.5 Å². The molecule has 136 valence electrons. The molecule has 0 aliphatic rings.